The molecule has 11 heteroatoms. The number of cyclic esters (lactones) is 1. The molecule has 0 unspecified atom stereocenters. The number of aliphatic hydroxyl groups excluding tert-OH is 1. The second-order valence-corrected chi connectivity index (χ2v) is 8.28. The fourth-order valence-electron chi connectivity index (χ4n) is 4.67. The van der Waals surface area contributed by atoms with Gasteiger partial charge in [-0.2, -0.15) is 0 Å². The molecule has 3 aliphatic rings. The second kappa shape index (κ2) is 7.27. The highest BCUT2D eigenvalue weighted by Crippen LogP contribution is 2.41. The van der Waals surface area contributed by atoms with E-state index in [0.717, 1.165) is 10.9 Å². The molecule has 0 bridgehead atoms. The minimum atomic E-state index is -2.15. The predicted octanol–water partition coefficient (Wildman–Crippen LogP) is 0.290. The Hall–Kier alpha value is -3.96. The highest BCUT2D eigenvalue weighted by molar-refractivity contribution is 5.89. The Balaban J connectivity index is 1.54. The van der Waals surface area contributed by atoms with Gasteiger partial charge in [0, 0.05) is 29.1 Å². The largest absolute Gasteiger partial charge is 0.457 e. The lowest BCUT2D eigenvalue weighted by Gasteiger charge is -2.34. The van der Waals surface area contributed by atoms with Crippen LogP contribution in [0.1, 0.15) is 23.1 Å². The first-order valence-electron chi connectivity index (χ1n) is 10.7. The van der Waals surface area contributed by atoms with E-state index in [9.17, 15) is 19.5 Å². The first-order chi connectivity index (χ1) is 16.4. The highest BCUT2D eigenvalue weighted by Gasteiger charge is 2.51. The van der Waals surface area contributed by atoms with Gasteiger partial charge < -0.3 is 34.4 Å². The molecule has 2 aromatic heterocycles. The Morgan fingerprint density at radius 2 is 1.97 bits per heavy atom. The molecule has 0 radical (unpaired) electrons. The summed E-state index contributed by atoms with van der Waals surface area (Å²) in [5.41, 5.74) is 5.51. The van der Waals surface area contributed by atoms with Crippen LogP contribution in [0.15, 0.2) is 29.1 Å². The van der Waals surface area contributed by atoms with Gasteiger partial charge in [0.05, 0.1) is 42.0 Å². The van der Waals surface area contributed by atoms with Gasteiger partial charge in [-0.1, -0.05) is 0 Å². The van der Waals surface area contributed by atoms with Crippen molar-refractivity contribution in [1.29, 1.82) is 0 Å². The third-order valence-electron chi connectivity index (χ3n) is 6.33. The van der Waals surface area contributed by atoms with Crippen molar-refractivity contribution in [1.82, 2.24) is 9.55 Å². The van der Waals surface area contributed by atoms with E-state index >= 15 is 0 Å². The molecule has 3 aliphatic heterocycles. The number of nitrogens with two attached hydrogens (primary N) is 1. The maximum Gasteiger partial charge on any atom is 0.358 e. The van der Waals surface area contributed by atoms with Crippen LogP contribution < -0.4 is 20.8 Å². The van der Waals surface area contributed by atoms with Gasteiger partial charge in [-0.15, -0.1) is 0 Å². The fourth-order valence-corrected chi connectivity index (χ4v) is 4.67. The number of pyridine rings is 2. The number of carbonyl (C=O) groups is 2. The first-order valence-corrected chi connectivity index (χ1v) is 10.7. The van der Waals surface area contributed by atoms with Crippen molar-refractivity contribution in [2.75, 3.05) is 19.9 Å². The van der Waals surface area contributed by atoms with E-state index < -0.39 is 29.7 Å². The van der Waals surface area contributed by atoms with Crippen molar-refractivity contribution < 1.29 is 33.6 Å². The summed E-state index contributed by atoms with van der Waals surface area (Å²) in [5, 5.41) is 11.0. The molecule has 11 nitrogen and oxygen atoms in total. The summed E-state index contributed by atoms with van der Waals surface area (Å²) in [6.45, 7) is -0.785. The van der Waals surface area contributed by atoms with Crippen molar-refractivity contribution in [3.05, 3.63) is 51.3 Å². The number of aliphatic hydroxyl groups is 1. The Morgan fingerprint density at radius 3 is 2.74 bits per heavy atom. The first kappa shape index (κ1) is 20.6. The monoisotopic (exact) mass is 465 g/mol. The lowest BCUT2D eigenvalue weighted by molar-refractivity contribution is -0.194. The summed E-state index contributed by atoms with van der Waals surface area (Å²) in [6.07, 6.45) is -0.166. The average molecular weight is 465 g/mol. The molecule has 0 aliphatic carbocycles. The summed E-state index contributed by atoms with van der Waals surface area (Å²) in [5.74, 6) is -0.535. The summed E-state index contributed by atoms with van der Waals surface area (Å²) in [6, 6.07) is 7.09. The van der Waals surface area contributed by atoms with E-state index in [-0.39, 0.29) is 44.0 Å². The zero-order valence-electron chi connectivity index (χ0n) is 17.8. The van der Waals surface area contributed by atoms with Gasteiger partial charge in [-0.25, -0.2) is 9.78 Å². The molecule has 1 atom stereocenters. The smallest absolute Gasteiger partial charge is 0.358 e. The highest BCUT2D eigenvalue weighted by atomic mass is 16.7. The normalized spacial score (nSPS) is 19.4. The van der Waals surface area contributed by atoms with Crippen molar-refractivity contribution in [3.8, 4) is 22.9 Å². The second-order valence-electron chi connectivity index (χ2n) is 8.28. The molecule has 34 heavy (non-hydrogen) atoms. The molecule has 0 saturated carbocycles. The topological polar surface area (TPSA) is 152 Å². The zero-order valence-corrected chi connectivity index (χ0v) is 17.8. The number of fused-ring (bicyclic) bond motifs is 6. The lowest BCUT2D eigenvalue weighted by Crippen LogP contribution is -2.50. The number of carbonyl (C=O) groups excluding carboxylic acids is 2. The van der Waals surface area contributed by atoms with Crippen LogP contribution in [0.2, 0.25) is 0 Å². The standard InChI is InChI=1S/C23H19N3O8/c24-2-1-19(28)34-23(9-27)14-5-16-20-12(7-26(16)21(29)13(14)8-31-22(23)30)3-11-4-17-18(33-10-32-17)6-15(11)25-20/h3-6,27H,1-2,7-10,24H2/t23-/m1/s1. The number of benzene rings is 1. The van der Waals surface area contributed by atoms with Crippen LogP contribution in [-0.2, 0) is 37.8 Å². The van der Waals surface area contributed by atoms with Crippen molar-refractivity contribution in [3.63, 3.8) is 0 Å². The summed E-state index contributed by atoms with van der Waals surface area (Å²) in [4.78, 5) is 43.2. The van der Waals surface area contributed by atoms with E-state index in [1.165, 1.54) is 4.57 Å². The molecule has 3 aromatic rings. The number of nitrogens with zero attached hydrogens (tertiary/aromatic N) is 2. The van der Waals surface area contributed by atoms with Gasteiger partial charge in [0.15, 0.2) is 11.5 Å². The molecule has 6 rings (SSSR count). The van der Waals surface area contributed by atoms with Gasteiger partial charge in [-0.05, 0) is 18.2 Å². The van der Waals surface area contributed by atoms with Gasteiger partial charge >= 0.3 is 11.9 Å². The van der Waals surface area contributed by atoms with E-state index in [4.69, 9.17) is 29.7 Å². The summed E-state index contributed by atoms with van der Waals surface area (Å²) < 4.78 is 23.0. The van der Waals surface area contributed by atoms with Crippen LogP contribution in [0, 0.1) is 0 Å². The third-order valence-corrected chi connectivity index (χ3v) is 6.33. The Morgan fingerprint density at radius 1 is 1.18 bits per heavy atom. The summed E-state index contributed by atoms with van der Waals surface area (Å²) in [7, 11) is 0. The summed E-state index contributed by atoms with van der Waals surface area (Å²) >= 11 is 0. The number of ether oxygens (including phenoxy) is 4. The number of hydrogen-bond donors (Lipinski definition) is 2. The van der Waals surface area contributed by atoms with E-state index in [2.05, 4.69) is 0 Å². The van der Waals surface area contributed by atoms with Crippen LogP contribution in [0.25, 0.3) is 22.3 Å². The van der Waals surface area contributed by atoms with Gasteiger partial charge in [0.2, 0.25) is 6.79 Å². The molecule has 1 aromatic carbocycles. The molecule has 3 N–H and O–H groups in total. The lowest BCUT2D eigenvalue weighted by atomic mass is 9.88. The van der Waals surface area contributed by atoms with Crippen LogP contribution in [0.5, 0.6) is 11.5 Å². The number of aromatic nitrogens is 2. The molecule has 0 saturated heterocycles. The molecular weight excluding hydrogens is 446 g/mol. The van der Waals surface area contributed by atoms with Gasteiger partial charge in [-0.3, -0.25) is 9.59 Å². The predicted molar refractivity (Wildman–Crippen MR) is 115 cm³/mol. The van der Waals surface area contributed by atoms with Crippen LogP contribution >= 0.6 is 0 Å². The van der Waals surface area contributed by atoms with Crippen molar-refractivity contribution in [2.45, 2.75) is 25.2 Å². The minimum absolute atomic E-state index is 0.00207. The Kier molecular flexibility index (Phi) is 4.41. The van der Waals surface area contributed by atoms with Crippen LogP contribution in [0.3, 0.4) is 0 Å². The molecule has 0 spiro atoms. The Bertz CT molecular complexity index is 1460. The van der Waals surface area contributed by atoms with Crippen LogP contribution in [0.4, 0.5) is 0 Å². The van der Waals surface area contributed by atoms with Gasteiger partial charge in [0.1, 0.15) is 6.61 Å². The molecule has 5 heterocycles. The molecular formula is C23H19N3O8. The minimum Gasteiger partial charge on any atom is -0.457 e. The van der Waals surface area contributed by atoms with E-state index in [1.807, 2.05) is 12.1 Å². The maximum absolute atomic E-state index is 13.4. The van der Waals surface area contributed by atoms with Crippen molar-refractivity contribution in [2.24, 2.45) is 5.73 Å². The van der Waals surface area contributed by atoms with E-state index in [0.29, 0.717) is 28.4 Å². The maximum atomic E-state index is 13.4. The molecule has 0 fully saturated rings. The number of hydrogen-bond acceptors (Lipinski definition) is 10. The van der Waals surface area contributed by atoms with Crippen molar-refractivity contribution >= 4 is 22.8 Å². The fraction of sp³-hybridized carbons (Fsp3) is 0.304. The Labute approximate surface area is 191 Å². The average Bonchev–Trinajstić information content (AvgIpc) is 3.42. The molecule has 174 valence electrons. The van der Waals surface area contributed by atoms with Crippen LogP contribution in [-0.4, -0.2) is 46.5 Å². The van der Waals surface area contributed by atoms with E-state index in [1.54, 1.807) is 12.1 Å². The SMILES string of the molecule is NCCC(=O)O[C@@]1(CO)C(=O)OCc2c1cc1n(c2=O)Cc2cc3cc4c(cc3nc2-1)OCO4. The van der Waals surface area contributed by atoms with Gasteiger partial charge in [0.25, 0.3) is 11.2 Å². The third kappa shape index (κ3) is 2.77. The zero-order chi connectivity index (χ0) is 23.6. The molecule has 0 amide bonds. The number of esters is 2. The quantitative estimate of drug-likeness (QED) is 0.402. The number of rotatable bonds is 4.